The molecular formula is C11H9N5O. The van der Waals surface area contributed by atoms with Crippen molar-refractivity contribution in [3.05, 3.63) is 24.3 Å². The van der Waals surface area contributed by atoms with Crippen LogP contribution in [0.4, 0.5) is 5.69 Å². The Kier molecular flexibility index (Phi) is 2.27. The zero-order chi connectivity index (χ0) is 11.7. The van der Waals surface area contributed by atoms with Crippen LogP contribution in [0.1, 0.15) is 18.9 Å². The first-order valence-electron chi connectivity index (χ1n) is 5.34. The minimum atomic E-state index is 0.415. The minimum Gasteiger partial charge on any atom is -0.222 e. The van der Waals surface area contributed by atoms with Gasteiger partial charge in [0.05, 0.1) is 11.7 Å². The van der Waals surface area contributed by atoms with Gasteiger partial charge in [0.2, 0.25) is 6.08 Å². The van der Waals surface area contributed by atoms with E-state index in [4.69, 9.17) is 0 Å². The minimum absolute atomic E-state index is 0.415. The SMILES string of the molecule is O=C=Nc1cccc(-c2nnnn2C2CC2)c1. The molecule has 17 heavy (non-hydrogen) atoms. The van der Waals surface area contributed by atoms with Crippen molar-refractivity contribution >= 4 is 11.8 Å². The molecule has 0 spiro atoms. The van der Waals surface area contributed by atoms with Crippen LogP contribution >= 0.6 is 0 Å². The predicted octanol–water partition coefficient (Wildman–Crippen LogP) is 1.64. The fraction of sp³-hybridized carbons (Fsp3) is 0.273. The van der Waals surface area contributed by atoms with E-state index in [1.807, 2.05) is 16.8 Å². The maximum Gasteiger partial charge on any atom is 0.240 e. The fourth-order valence-electron chi connectivity index (χ4n) is 1.72. The highest BCUT2D eigenvalue weighted by molar-refractivity contribution is 5.62. The number of aliphatic imine (C=N–C) groups is 1. The van der Waals surface area contributed by atoms with Crippen LogP contribution in [-0.4, -0.2) is 26.3 Å². The molecule has 1 aliphatic carbocycles. The van der Waals surface area contributed by atoms with Gasteiger partial charge in [-0.25, -0.2) is 9.48 Å². The summed E-state index contributed by atoms with van der Waals surface area (Å²) in [6.07, 6.45) is 3.75. The number of hydrogen-bond donors (Lipinski definition) is 0. The number of tetrazole rings is 1. The maximum absolute atomic E-state index is 10.2. The summed E-state index contributed by atoms with van der Waals surface area (Å²) in [5, 5.41) is 11.7. The van der Waals surface area contributed by atoms with Crippen LogP contribution in [0.3, 0.4) is 0 Å². The summed E-state index contributed by atoms with van der Waals surface area (Å²) in [4.78, 5) is 13.8. The van der Waals surface area contributed by atoms with E-state index in [-0.39, 0.29) is 0 Å². The zero-order valence-electron chi connectivity index (χ0n) is 8.95. The van der Waals surface area contributed by atoms with Gasteiger partial charge < -0.3 is 0 Å². The molecule has 1 saturated carbocycles. The first kappa shape index (κ1) is 9.86. The largest absolute Gasteiger partial charge is 0.240 e. The molecule has 6 heteroatoms. The summed E-state index contributed by atoms with van der Waals surface area (Å²) in [7, 11) is 0. The van der Waals surface area contributed by atoms with Gasteiger partial charge in [0.25, 0.3) is 0 Å². The molecule has 0 radical (unpaired) electrons. The Morgan fingerprint density at radius 3 is 3.06 bits per heavy atom. The lowest BCUT2D eigenvalue weighted by molar-refractivity contribution is 0.565. The standard InChI is InChI=1S/C11H9N5O/c17-7-12-9-3-1-2-8(6-9)11-13-14-15-16(11)10-4-5-10/h1-3,6,10H,4-5H2. The summed E-state index contributed by atoms with van der Waals surface area (Å²) >= 11 is 0. The molecule has 0 aliphatic heterocycles. The predicted molar refractivity (Wildman–Crippen MR) is 59.3 cm³/mol. The number of benzene rings is 1. The maximum atomic E-state index is 10.2. The van der Waals surface area contributed by atoms with Crippen LogP contribution < -0.4 is 0 Å². The van der Waals surface area contributed by atoms with Crippen LogP contribution in [0.25, 0.3) is 11.4 Å². The van der Waals surface area contributed by atoms with Crippen LogP contribution in [0.2, 0.25) is 0 Å². The van der Waals surface area contributed by atoms with E-state index in [0.29, 0.717) is 11.7 Å². The number of hydrogen-bond acceptors (Lipinski definition) is 5. The molecule has 0 bridgehead atoms. The highest BCUT2D eigenvalue weighted by Crippen LogP contribution is 2.36. The van der Waals surface area contributed by atoms with Gasteiger partial charge in [-0.3, -0.25) is 0 Å². The van der Waals surface area contributed by atoms with Crippen molar-refractivity contribution < 1.29 is 4.79 Å². The van der Waals surface area contributed by atoms with Gasteiger partial charge >= 0.3 is 0 Å². The topological polar surface area (TPSA) is 73.0 Å². The third kappa shape index (κ3) is 1.86. The van der Waals surface area contributed by atoms with Crippen LogP contribution in [0.15, 0.2) is 29.3 Å². The van der Waals surface area contributed by atoms with E-state index in [9.17, 15) is 4.79 Å². The number of nitrogens with zero attached hydrogens (tertiary/aromatic N) is 5. The van der Waals surface area contributed by atoms with Crippen LogP contribution in [0.5, 0.6) is 0 Å². The molecule has 1 aromatic carbocycles. The number of aromatic nitrogens is 4. The second-order valence-corrected chi connectivity index (χ2v) is 3.93. The monoisotopic (exact) mass is 227 g/mol. The summed E-state index contributed by atoms with van der Waals surface area (Å²) in [5.74, 6) is 0.718. The van der Waals surface area contributed by atoms with Crippen molar-refractivity contribution in [3.8, 4) is 11.4 Å². The summed E-state index contributed by atoms with van der Waals surface area (Å²) < 4.78 is 1.82. The highest BCUT2D eigenvalue weighted by atomic mass is 16.1. The quantitative estimate of drug-likeness (QED) is 0.590. The number of isocyanates is 1. The van der Waals surface area contributed by atoms with E-state index < -0.39 is 0 Å². The first-order chi connectivity index (χ1) is 8.38. The van der Waals surface area contributed by atoms with Gasteiger partial charge in [-0.05, 0) is 35.4 Å². The molecule has 0 unspecified atom stereocenters. The average molecular weight is 227 g/mol. The molecule has 0 N–H and O–H groups in total. The second-order valence-electron chi connectivity index (χ2n) is 3.93. The molecule has 3 rings (SSSR count). The lowest BCUT2D eigenvalue weighted by atomic mass is 10.2. The number of carbonyl (C=O) groups excluding carboxylic acids is 1. The van der Waals surface area contributed by atoms with Gasteiger partial charge in [-0.2, -0.15) is 4.99 Å². The van der Waals surface area contributed by atoms with Crippen molar-refractivity contribution in [2.24, 2.45) is 4.99 Å². The molecule has 2 aromatic rings. The average Bonchev–Trinajstić information content (AvgIpc) is 3.08. The lowest BCUT2D eigenvalue weighted by Crippen LogP contribution is -1.99. The van der Waals surface area contributed by atoms with Crippen molar-refractivity contribution in [3.63, 3.8) is 0 Å². The Hall–Kier alpha value is -2.33. The third-order valence-corrected chi connectivity index (χ3v) is 2.66. The highest BCUT2D eigenvalue weighted by Gasteiger charge is 2.28. The molecule has 6 nitrogen and oxygen atoms in total. The van der Waals surface area contributed by atoms with Crippen molar-refractivity contribution in [1.82, 2.24) is 20.2 Å². The summed E-state index contributed by atoms with van der Waals surface area (Å²) in [6, 6.07) is 7.64. The summed E-state index contributed by atoms with van der Waals surface area (Å²) in [5.41, 5.74) is 1.42. The van der Waals surface area contributed by atoms with E-state index in [1.54, 1.807) is 12.1 Å². The van der Waals surface area contributed by atoms with Gasteiger partial charge in [-0.15, -0.1) is 5.10 Å². The van der Waals surface area contributed by atoms with Crippen LogP contribution in [-0.2, 0) is 4.79 Å². The van der Waals surface area contributed by atoms with Crippen molar-refractivity contribution in [2.45, 2.75) is 18.9 Å². The third-order valence-electron chi connectivity index (χ3n) is 2.66. The Balaban J connectivity index is 2.05. The molecule has 0 saturated heterocycles. The molecule has 1 aromatic heterocycles. The molecular weight excluding hydrogens is 218 g/mol. The van der Waals surface area contributed by atoms with Gasteiger partial charge in [-0.1, -0.05) is 12.1 Å². The molecule has 0 amide bonds. The van der Waals surface area contributed by atoms with E-state index >= 15 is 0 Å². The molecule has 1 heterocycles. The fourth-order valence-corrected chi connectivity index (χ4v) is 1.72. The van der Waals surface area contributed by atoms with Gasteiger partial charge in [0, 0.05) is 5.56 Å². The smallest absolute Gasteiger partial charge is 0.222 e. The first-order valence-corrected chi connectivity index (χ1v) is 5.34. The van der Waals surface area contributed by atoms with Crippen LogP contribution in [0, 0.1) is 0 Å². The van der Waals surface area contributed by atoms with Gasteiger partial charge in [0.15, 0.2) is 5.82 Å². The zero-order valence-corrected chi connectivity index (χ0v) is 8.95. The second kappa shape index (κ2) is 3.92. The Morgan fingerprint density at radius 1 is 1.41 bits per heavy atom. The Bertz CT molecular complexity index is 595. The van der Waals surface area contributed by atoms with Gasteiger partial charge in [0.1, 0.15) is 0 Å². The Labute approximate surface area is 97.0 Å². The van der Waals surface area contributed by atoms with E-state index in [2.05, 4.69) is 20.5 Å². The molecule has 1 aliphatic rings. The normalized spacial score (nSPS) is 14.4. The summed E-state index contributed by atoms with van der Waals surface area (Å²) in [6.45, 7) is 0. The van der Waals surface area contributed by atoms with Crippen molar-refractivity contribution in [1.29, 1.82) is 0 Å². The molecule has 84 valence electrons. The molecule has 0 atom stereocenters. The van der Waals surface area contributed by atoms with Crippen molar-refractivity contribution in [2.75, 3.05) is 0 Å². The lowest BCUT2D eigenvalue weighted by Gasteiger charge is -2.02. The van der Waals surface area contributed by atoms with E-state index in [1.165, 1.54) is 6.08 Å². The van der Waals surface area contributed by atoms with E-state index in [0.717, 1.165) is 24.2 Å². The Morgan fingerprint density at radius 2 is 2.29 bits per heavy atom. The molecule has 1 fully saturated rings. The number of rotatable bonds is 3.